The Bertz CT molecular complexity index is 1500. The summed E-state index contributed by atoms with van der Waals surface area (Å²) in [5, 5.41) is 2.83. The van der Waals surface area contributed by atoms with Crippen molar-refractivity contribution in [3.63, 3.8) is 0 Å². The van der Waals surface area contributed by atoms with Gasteiger partial charge in [-0.15, -0.1) is 0 Å². The number of halogens is 4. The number of anilines is 1. The molecule has 3 aromatic rings. The van der Waals surface area contributed by atoms with Crippen molar-refractivity contribution in [2.24, 2.45) is 0 Å². The summed E-state index contributed by atoms with van der Waals surface area (Å²) in [7, 11) is -4.50. The number of nitrogens with one attached hydrogen (secondary N) is 1. The highest BCUT2D eigenvalue weighted by atomic mass is 79.9. The molecule has 2 atom stereocenters. The average Bonchev–Trinajstić information content (AvgIpc) is 2.94. The first-order valence-corrected chi connectivity index (χ1v) is 15.5. The molecule has 3 rings (SSSR count). The summed E-state index contributed by atoms with van der Waals surface area (Å²) < 4.78 is 69.9. The van der Waals surface area contributed by atoms with Crippen LogP contribution < -0.4 is 9.62 Å². The van der Waals surface area contributed by atoms with Gasteiger partial charge in [0.2, 0.25) is 11.8 Å². The first-order valence-electron chi connectivity index (χ1n) is 13.2. The lowest BCUT2D eigenvalue weighted by Crippen LogP contribution is -2.52. The van der Waals surface area contributed by atoms with Crippen molar-refractivity contribution in [3.05, 3.63) is 94.0 Å². The number of aryl methyl sites for hydroxylation is 1. The fraction of sp³-hybridized carbons (Fsp3) is 0.333. The van der Waals surface area contributed by atoms with E-state index in [-0.39, 0.29) is 23.2 Å². The molecule has 42 heavy (non-hydrogen) atoms. The summed E-state index contributed by atoms with van der Waals surface area (Å²) in [6, 6.07) is 15.4. The highest BCUT2D eigenvalue weighted by Gasteiger charge is 2.35. The molecule has 0 saturated carbocycles. The molecule has 0 aliphatic carbocycles. The van der Waals surface area contributed by atoms with Gasteiger partial charge in [-0.25, -0.2) is 8.42 Å². The Balaban J connectivity index is 2.08. The van der Waals surface area contributed by atoms with Crippen LogP contribution in [0, 0.1) is 6.92 Å². The highest BCUT2D eigenvalue weighted by Crippen LogP contribution is 2.33. The summed E-state index contributed by atoms with van der Waals surface area (Å²) in [5.74, 6) is -1.21. The quantitative estimate of drug-likeness (QED) is 0.260. The topological polar surface area (TPSA) is 86.8 Å². The molecule has 0 aliphatic rings. The molecule has 0 aliphatic heterocycles. The Morgan fingerprint density at radius 1 is 0.976 bits per heavy atom. The SMILES string of the molecule is CCC(C)NC(=O)C(C)N(Cc1ccc(Br)cc1)C(=O)CN(c1cccc(C(F)(F)F)c1)S(=O)(=O)c1ccc(C)cc1. The molecule has 0 radical (unpaired) electrons. The van der Waals surface area contributed by atoms with Crippen LogP contribution in [-0.2, 0) is 32.3 Å². The second-order valence-electron chi connectivity index (χ2n) is 10.0. The molecule has 12 heteroatoms. The van der Waals surface area contributed by atoms with Gasteiger partial charge in [0, 0.05) is 17.1 Å². The zero-order valence-corrected chi connectivity index (χ0v) is 26.1. The van der Waals surface area contributed by atoms with Crippen molar-refractivity contribution in [3.8, 4) is 0 Å². The van der Waals surface area contributed by atoms with E-state index in [9.17, 15) is 31.2 Å². The van der Waals surface area contributed by atoms with Gasteiger partial charge in [-0.05, 0) is 75.2 Å². The van der Waals surface area contributed by atoms with Gasteiger partial charge in [0.15, 0.2) is 0 Å². The first-order chi connectivity index (χ1) is 19.6. The van der Waals surface area contributed by atoms with Gasteiger partial charge in [0.1, 0.15) is 12.6 Å². The summed E-state index contributed by atoms with van der Waals surface area (Å²) in [6.07, 6.45) is -4.09. The Labute approximate surface area is 252 Å². The van der Waals surface area contributed by atoms with E-state index in [0.29, 0.717) is 22.4 Å². The van der Waals surface area contributed by atoms with E-state index in [1.165, 1.54) is 30.0 Å². The highest BCUT2D eigenvalue weighted by molar-refractivity contribution is 9.10. The van der Waals surface area contributed by atoms with Gasteiger partial charge in [0.25, 0.3) is 10.0 Å². The lowest BCUT2D eigenvalue weighted by atomic mass is 10.1. The summed E-state index contributed by atoms with van der Waals surface area (Å²) in [4.78, 5) is 28.1. The third-order valence-corrected chi connectivity index (χ3v) is 9.10. The van der Waals surface area contributed by atoms with Crippen LogP contribution in [0.15, 0.2) is 82.2 Å². The smallest absolute Gasteiger partial charge is 0.352 e. The summed E-state index contributed by atoms with van der Waals surface area (Å²) >= 11 is 3.36. The van der Waals surface area contributed by atoms with E-state index in [2.05, 4.69) is 21.2 Å². The molecule has 0 aromatic heterocycles. The Hall–Kier alpha value is -3.38. The maximum Gasteiger partial charge on any atom is 0.416 e. The molecule has 3 aromatic carbocycles. The third kappa shape index (κ3) is 8.34. The first kappa shape index (κ1) is 33.1. The number of nitrogens with zero attached hydrogens (tertiary/aromatic N) is 2. The molecule has 0 fully saturated rings. The minimum absolute atomic E-state index is 0.0395. The minimum Gasteiger partial charge on any atom is -0.352 e. The lowest BCUT2D eigenvalue weighted by molar-refractivity contribution is -0.139. The van der Waals surface area contributed by atoms with Crippen LogP contribution in [0.2, 0.25) is 0 Å². The molecule has 1 N–H and O–H groups in total. The maximum absolute atomic E-state index is 13.9. The van der Waals surface area contributed by atoms with Crippen molar-refractivity contribution < 1.29 is 31.2 Å². The molecular formula is C30H33BrF3N3O4S. The van der Waals surface area contributed by atoms with E-state index < -0.39 is 46.2 Å². The third-order valence-electron chi connectivity index (χ3n) is 6.78. The van der Waals surface area contributed by atoms with E-state index in [1.807, 2.05) is 13.8 Å². The molecule has 0 heterocycles. The van der Waals surface area contributed by atoms with Gasteiger partial charge in [-0.2, -0.15) is 13.2 Å². The van der Waals surface area contributed by atoms with Gasteiger partial charge >= 0.3 is 6.18 Å². The van der Waals surface area contributed by atoms with Crippen molar-refractivity contribution in [1.29, 1.82) is 0 Å². The summed E-state index contributed by atoms with van der Waals surface area (Å²) in [5.41, 5.74) is 0.0443. The molecule has 226 valence electrons. The van der Waals surface area contributed by atoms with Gasteiger partial charge in [0.05, 0.1) is 16.1 Å². The Morgan fingerprint density at radius 2 is 1.60 bits per heavy atom. The van der Waals surface area contributed by atoms with Gasteiger partial charge < -0.3 is 10.2 Å². The number of benzene rings is 3. The van der Waals surface area contributed by atoms with E-state index in [0.717, 1.165) is 22.2 Å². The van der Waals surface area contributed by atoms with Crippen molar-refractivity contribution >= 4 is 43.5 Å². The normalized spacial score (nSPS) is 13.2. The van der Waals surface area contributed by atoms with Crippen molar-refractivity contribution in [2.45, 2.75) is 63.8 Å². The fourth-order valence-electron chi connectivity index (χ4n) is 4.04. The number of rotatable bonds is 11. The average molecular weight is 669 g/mol. The van der Waals surface area contributed by atoms with E-state index in [1.54, 1.807) is 43.3 Å². The molecule has 7 nitrogen and oxygen atoms in total. The number of sulfonamides is 1. The van der Waals surface area contributed by atoms with E-state index >= 15 is 0 Å². The van der Waals surface area contributed by atoms with Crippen molar-refractivity contribution in [1.82, 2.24) is 10.2 Å². The maximum atomic E-state index is 13.9. The Morgan fingerprint density at radius 3 is 2.17 bits per heavy atom. The van der Waals surface area contributed by atoms with E-state index in [4.69, 9.17) is 0 Å². The zero-order valence-electron chi connectivity index (χ0n) is 23.7. The molecule has 0 saturated heterocycles. The predicted molar refractivity (Wildman–Crippen MR) is 159 cm³/mol. The lowest BCUT2D eigenvalue weighted by Gasteiger charge is -2.32. The molecule has 0 spiro atoms. The van der Waals surface area contributed by atoms with Crippen LogP contribution >= 0.6 is 15.9 Å². The van der Waals surface area contributed by atoms with Crippen LogP contribution in [0.5, 0.6) is 0 Å². The van der Waals surface area contributed by atoms with Gasteiger partial charge in [-0.3, -0.25) is 13.9 Å². The molecule has 2 unspecified atom stereocenters. The number of hydrogen-bond donors (Lipinski definition) is 1. The molecule has 0 bridgehead atoms. The standard InChI is InChI=1S/C30H33BrF3N3O4S/c1-5-21(3)35-29(39)22(4)36(18-23-11-13-25(31)14-12-23)28(38)19-37(26-8-6-7-24(17-26)30(32,33)34)42(40,41)27-15-9-20(2)10-16-27/h6-17,21-22H,5,18-19H2,1-4H3,(H,35,39). The van der Waals surface area contributed by atoms with Crippen LogP contribution in [0.25, 0.3) is 0 Å². The largest absolute Gasteiger partial charge is 0.416 e. The predicted octanol–water partition coefficient (Wildman–Crippen LogP) is 6.30. The number of amides is 2. The van der Waals surface area contributed by atoms with Crippen LogP contribution in [-0.4, -0.2) is 43.8 Å². The number of alkyl halides is 3. The monoisotopic (exact) mass is 667 g/mol. The van der Waals surface area contributed by atoms with Gasteiger partial charge in [-0.1, -0.05) is 58.7 Å². The zero-order chi connectivity index (χ0) is 31.2. The number of carbonyl (C=O) groups is 2. The minimum atomic E-state index is -4.74. The molecule has 2 amide bonds. The van der Waals surface area contributed by atoms with Crippen LogP contribution in [0.3, 0.4) is 0 Å². The fourth-order valence-corrected chi connectivity index (χ4v) is 5.71. The van der Waals surface area contributed by atoms with Crippen LogP contribution in [0.4, 0.5) is 18.9 Å². The number of carbonyl (C=O) groups excluding carboxylic acids is 2. The second kappa shape index (κ2) is 13.7. The van der Waals surface area contributed by atoms with Crippen molar-refractivity contribution in [2.75, 3.05) is 10.8 Å². The Kier molecular flexibility index (Phi) is 10.8. The number of hydrogen-bond acceptors (Lipinski definition) is 4. The van der Waals surface area contributed by atoms with Crippen LogP contribution in [0.1, 0.15) is 43.9 Å². The second-order valence-corrected chi connectivity index (χ2v) is 12.8. The molecular weight excluding hydrogens is 635 g/mol. The summed E-state index contributed by atoms with van der Waals surface area (Å²) in [6.45, 7) is 6.11.